The number of anilines is 1. The average Bonchev–Trinajstić information content (AvgIpc) is 2.79. The molecule has 0 aliphatic rings. The molecule has 0 aliphatic carbocycles. The molecule has 11 heteroatoms. The predicted molar refractivity (Wildman–Crippen MR) is 142 cm³/mol. The Hall–Kier alpha value is -3.08. The number of rotatable bonds is 8. The maximum Gasteiger partial charge on any atom is 0.414 e. The Kier molecular flexibility index (Phi) is 8.33. The van der Waals surface area contributed by atoms with Gasteiger partial charge in [-0.2, -0.15) is 0 Å². The van der Waals surface area contributed by atoms with Gasteiger partial charge >= 0.3 is 11.7 Å². The van der Waals surface area contributed by atoms with Gasteiger partial charge in [-0.3, -0.25) is 4.72 Å². The third-order valence-corrected chi connectivity index (χ3v) is 7.28. The molecule has 3 aromatic rings. The first-order valence-corrected chi connectivity index (χ1v) is 13.3. The molecule has 0 bridgehead atoms. The molecular weight excluding hydrogens is 506 g/mol. The molecule has 0 fully saturated rings. The van der Waals surface area contributed by atoms with Gasteiger partial charge in [-0.05, 0) is 56.8 Å². The first kappa shape index (κ1) is 27.5. The molecule has 3 rings (SSSR count). The van der Waals surface area contributed by atoms with Crippen molar-refractivity contribution in [3.63, 3.8) is 0 Å². The highest BCUT2D eigenvalue weighted by molar-refractivity contribution is 7.92. The summed E-state index contributed by atoms with van der Waals surface area (Å²) in [5.74, 6) is 0.201. The van der Waals surface area contributed by atoms with E-state index < -0.39 is 21.7 Å². The maximum absolute atomic E-state index is 13.2. The number of hydrogen-bond acceptors (Lipinski definition) is 7. The second-order valence-electron chi connectivity index (χ2n) is 8.92. The smallest absolute Gasteiger partial charge is 0.414 e. The van der Waals surface area contributed by atoms with Crippen molar-refractivity contribution in [2.45, 2.75) is 26.8 Å². The van der Waals surface area contributed by atoms with Crippen molar-refractivity contribution >= 4 is 44.4 Å². The Bertz CT molecular complexity index is 1460. The molecule has 2 aromatic carbocycles. The van der Waals surface area contributed by atoms with E-state index in [0.29, 0.717) is 40.0 Å². The molecule has 1 N–H and O–H groups in total. The number of ether oxygens (including phenoxy) is 1. The number of hydrogen-bond donors (Lipinski definition) is 1. The monoisotopic (exact) mass is 535 g/mol. The van der Waals surface area contributed by atoms with Crippen LogP contribution in [-0.2, 0) is 23.0 Å². The third kappa shape index (κ3) is 6.18. The van der Waals surface area contributed by atoms with Crippen LogP contribution in [0.4, 0.5) is 10.5 Å². The minimum absolute atomic E-state index is 0.0972. The van der Waals surface area contributed by atoms with Crippen molar-refractivity contribution < 1.29 is 22.4 Å². The minimum atomic E-state index is -3.53. The zero-order valence-corrected chi connectivity index (χ0v) is 22.7. The zero-order chi connectivity index (χ0) is 26.8. The number of carbonyl (C=O) groups is 1. The van der Waals surface area contributed by atoms with Gasteiger partial charge in [0, 0.05) is 44.1 Å². The summed E-state index contributed by atoms with van der Waals surface area (Å²) in [6.45, 7) is 3.78. The van der Waals surface area contributed by atoms with Crippen molar-refractivity contribution in [3.8, 4) is 5.75 Å². The van der Waals surface area contributed by atoms with Crippen LogP contribution in [-0.4, -0.2) is 58.3 Å². The second-order valence-corrected chi connectivity index (χ2v) is 11.3. The first-order valence-electron chi connectivity index (χ1n) is 11.2. The number of nitrogens with zero attached hydrogens (tertiary/aromatic N) is 2. The van der Waals surface area contributed by atoms with Crippen LogP contribution >= 0.6 is 11.6 Å². The van der Waals surface area contributed by atoms with Crippen molar-refractivity contribution in [1.82, 2.24) is 9.80 Å². The molecule has 0 saturated heterocycles. The van der Waals surface area contributed by atoms with E-state index >= 15 is 0 Å². The number of halogens is 1. The van der Waals surface area contributed by atoms with Gasteiger partial charge in [-0.15, -0.1) is 0 Å². The number of sulfonamides is 1. The molecule has 0 unspecified atom stereocenters. The normalized spacial score (nSPS) is 11.7. The molecule has 0 spiro atoms. The summed E-state index contributed by atoms with van der Waals surface area (Å²) in [5.41, 5.74) is 2.42. The highest BCUT2D eigenvalue weighted by atomic mass is 35.5. The number of aryl methyl sites for hydroxylation is 1. The Morgan fingerprint density at radius 2 is 1.83 bits per heavy atom. The summed E-state index contributed by atoms with van der Waals surface area (Å²) in [4.78, 5) is 28.5. The number of carbonyl (C=O) groups excluding carboxylic acids is 1. The third-order valence-electron chi connectivity index (χ3n) is 5.54. The molecular formula is C25H30ClN3O6S. The van der Waals surface area contributed by atoms with Gasteiger partial charge in [-0.25, -0.2) is 18.0 Å². The largest absolute Gasteiger partial charge is 0.422 e. The Morgan fingerprint density at radius 1 is 1.14 bits per heavy atom. The van der Waals surface area contributed by atoms with Gasteiger partial charge < -0.3 is 19.0 Å². The van der Waals surface area contributed by atoms with E-state index in [4.69, 9.17) is 20.8 Å². The lowest BCUT2D eigenvalue weighted by molar-refractivity contribution is 0.171. The summed E-state index contributed by atoms with van der Waals surface area (Å²) in [5, 5.41) is 0.923. The Labute approximate surface area is 215 Å². The van der Waals surface area contributed by atoms with Crippen molar-refractivity contribution in [3.05, 3.63) is 68.0 Å². The molecule has 36 heavy (non-hydrogen) atoms. The summed E-state index contributed by atoms with van der Waals surface area (Å²) in [6, 6.07) is 8.36. The summed E-state index contributed by atoms with van der Waals surface area (Å²) in [7, 11) is 3.40. The van der Waals surface area contributed by atoms with Crippen LogP contribution in [0.5, 0.6) is 5.75 Å². The van der Waals surface area contributed by atoms with Crippen LogP contribution in [0.2, 0.25) is 5.02 Å². The molecule has 1 heterocycles. The summed E-state index contributed by atoms with van der Waals surface area (Å²) < 4.78 is 37.7. The second kappa shape index (κ2) is 10.9. The predicted octanol–water partition coefficient (Wildman–Crippen LogP) is 4.23. The maximum atomic E-state index is 13.2. The molecule has 194 valence electrons. The van der Waals surface area contributed by atoms with Crippen molar-refractivity contribution in [1.29, 1.82) is 0 Å². The van der Waals surface area contributed by atoms with E-state index in [1.165, 1.54) is 11.8 Å². The Morgan fingerprint density at radius 3 is 2.44 bits per heavy atom. The van der Waals surface area contributed by atoms with Gasteiger partial charge in [0.1, 0.15) is 11.3 Å². The van der Waals surface area contributed by atoms with E-state index in [-0.39, 0.29) is 22.9 Å². The van der Waals surface area contributed by atoms with Crippen LogP contribution in [0.3, 0.4) is 0 Å². The zero-order valence-electron chi connectivity index (χ0n) is 21.1. The molecule has 0 radical (unpaired) electrons. The van der Waals surface area contributed by atoms with E-state index in [1.54, 1.807) is 38.4 Å². The Balaban J connectivity index is 2.14. The number of nitrogens with one attached hydrogen (secondary N) is 1. The van der Waals surface area contributed by atoms with Gasteiger partial charge in [0.05, 0.1) is 16.5 Å². The SMILES string of the molecule is CCS(=O)(=O)Nc1cccc(Cc2c(CN(C)C)c3cc(C)c(OC(=O)N(C)C)cc3oc2=O)c1Cl. The quantitative estimate of drug-likeness (QED) is 0.430. The fourth-order valence-electron chi connectivity index (χ4n) is 3.63. The number of amides is 1. The van der Waals surface area contributed by atoms with E-state index in [0.717, 1.165) is 5.56 Å². The van der Waals surface area contributed by atoms with Gasteiger partial charge in [0.2, 0.25) is 10.0 Å². The fourth-order valence-corrected chi connectivity index (χ4v) is 4.58. The summed E-state index contributed by atoms with van der Waals surface area (Å²) in [6.07, 6.45) is -0.406. The number of benzene rings is 2. The van der Waals surface area contributed by atoms with Crippen LogP contribution in [0.1, 0.15) is 29.2 Å². The van der Waals surface area contributed by atoms with Gasteiger partial charge in [0.25, 0.3) is 0 Å². The van der Waals surface area contributed by atoms with Crippen molar-refractivity contribution in [2.24, 2.45) is 0 Å². The van der Waals surface area contributed by atoms with Crippen LogP contribution in [0.25, 0.3) is 11.0 Å². The van der Waals surface area contributed by atoms with Crippen molar-refractivity contribution in [2.75, 3.05) is 38.7 Å². The standard InChI is InChI=1S/C25H30ClN3O6S/c1-7-36(32,33)27-20-10-8-9-16(23(20)26)12-18-19(14-28(3)4)17-11-15(2)21(35-25(31)29(5)6)13-22(17)34-24(18)30/h8-11,13,27H,7,12,14H2,1-6H3. The van der Waals surface area contributed by atoms with Crippen LogP contribution < -0.4 is 15.1 Å². The molecule has 0 atom stereocenters. The molecule has 0 saturated carbocycles. The van der Waals surface area contributed by atoms with E-state index in [2.05, 4.69) is 4.72 Å². The van der Waals surface area contributed by atoms with Gasteiger partial charge in [-0.1, -0.05) is 23.7 Å². The topological polar surface area (TPSA) is 109 Å². The summed E-state index contributed by atoms with van der Waals surface area (Å²) >= 11 is 6.55. The van der Waals surface area contributed by atoms with E-state index in [1.807, 2.05) is 32.0 Å². The molecule has 9 nitrogen and oxygen atoms in total. The average molecular weight is 536 g/mol. The molecule has 0 aliphatic heterocycles. The lowest BCUT2D eigenvalue weighted by Gasteiger charge is -2.18. The lowest BCUT2D eigenvalue weighted by Crippen LogP contribution is -2.25. The molecule has 1 amide bonds. The molecule has 1 aromatic heterocycles. The van der Waals surface area contributed by atoms with E-state index in [9.17, 15) is 18.0 Å². The van der Waals surface area contributed by atoms with Gasteiger partial charge in [0.15, 0.2) is 0 Å². The fraction of sp³-hybridized carbons (Fsp3) is 0.360. The van der Waals surface area contributed by atoms with Crippen LogP contribution in [0.15, 0.2) is 39.5 Å². The highest BCUT2D eigenvalue weighted by Crippen LogP contribution is 2.32. The minimum Gasteiger partial charge on any atom is -0.422 e. The first-order chi connectivity index (χ1) is 16.8. The van der Waals surface area contributed by atoms with Crippen LogP contribution in [0, 0.1) is 6.92 Å². The lowest BCUT2D eigenvalue weighted by atomic mass is 9.97. The number of fused-ring (bicyclic) bond motifs is 1. The highest BCUT2D eigenvalue weighted by Gasteiger charge is 2.21.